The van der Waals surface area contributed by atoms with Crippen molar-refractivity contribution in [2.75, 3.05) is 18.5 Å². The molecule has 36 heavy (non-hydrogen) atoms. The van der Waals surface area contributed by atoms with Crippen LogP contribution in [0.3, 0.4) is 0 Å². The lowest BCUT2D eigenvalue weighted by molar-refractivity contribution is 0.00578. The van der Waals surface area contributed by atoms with Crippen molar-refractivity contribution < 1.29 is 18.8 Å². The summed E-state index contributed by atoms with van der Waals surface area (Å²) in [6.07, 6.45) is 3.29. The van der Waals surface area contributed by atoms with Crippen molar-refractivity contribution in [1.82, 2.24) is 15.0 Å². The lowest BCUT2D eigenvalue weighted by Crippen LogP contribution is -2.41. The molecule has 10 heteroatoms. The SMILES string of the molecule is CC1(C)OB(c2cc(OC3CCOCC3)c3c(Nc4ccc5ncsc5c4)ncnc3c2)OC1(C)C. The number of anilines is 2. The average molecular weight is 504 g/mol. The molecule has 1 N–H and O–H groups in total. The predicted molar refractivity (Wildman–Crippen MR) is 143 cm³/mol. The minimum absolute atomic E-state index is 0.0529. The van der Waals surface area contributed by atoms with E-state index < -0.39 is 18.3 Å². The van der Waals surface area contributed by atoms with Gasteiger partial charge < -0.3 is 24.1 Å². The van der Waals surface area contributed by atoms with Gasteiger partial charge in [-0.3, -0.25) is 0 Å². The zero-order valence-electron chi connectivity index (χ0n) is 20.9. The normalized spacial score (nSPS) is 19.7. The molecule has 2 fully saturated rings. The van der Waals surface area contributed by atoms with Crippen molar-refractivity contribution in [3.63, 3.8) is 0 Å². The Bertz CT molecular complexity index is 1400. The molecule has 4 aromatic rings. The van der Waals surface area contributed by atoms with Gasteiger partial charge in [-0.25, -0.2) is 15.0 Å². The molecule has 2 aromatic carbocycles. The maximum atomic E-state index is 6.59. The van der Waals surface area contributed by atoms with Crippen LogP contribution in [0.4, 0.5) is 11.5 Å². The molecule has 0 aliphatic carbocycles. The number of rotatable bonds is 5. The van der Waals surface area contributed by atoms with Gasteiger partial charge in [-0.1, -0.05) is 0 Å². The molecule has 0 bridgehead atoms. The topological polar surface area (TPSA) is 87.6 Å². The van der Waals surface area contributed by atoms with Crippen LogP contribution in [0.1, 0.15) is 40.5 Å². The first kappa shape index (κ1) is 23.6. The molecule has 0 atom stereocenters. The van der Waals surface area contributed by atoms with E-state index in [4.69, 9.17) is 18.8 Å². The molecule has 8 nitrogen and oxygen atoms in total. The number of thiazole rings is 1. The van der Waals surface area contributed by atoms with E-state index in [9.17, 15) is 0 Å². The fraction of sp³-hybridized carbons (Fsp3) is 0.423. The third-order valence-electron chi connectivity index (χ3n) is 7.31. The summed E-state index contributed by atoms with van der Waals surface area (Å²) in [5.41, 5.74) is 4.52. The van der Waals surface area contributed by atoms with E-state index in [0.29, 0.717) is 24.8 Å². The molecular weight excluding hydrogens is 475 g/mol. The van der Waals surface area contributed by atoms with E-state index in [1.807, 2.05) is 29.8 Å². The Kier molecular flexibility index (Phi) is 5.87. The number of nitrogens with one attached hydrogen (secondary N) is 1. The molecular formula is C26H29BN4O4S. The number of aromatic nitrogens is 3. The number of fused-ring (bicyclic) bond motifs is 2. The summed E-state index contributed by atoms with van der Waals surface area (Å²) in [7, 11) is -0.517. The molecule has 2 saturated heterocycles. The van der Waals surface area contributed by atoms with Crippen LogP contribution in [0.5, 0.6) is 5.75 Å². The van der Waals surface area contributed by atoms with Crippen molar-refractivity contribution in [2.24, 2.45) is 0 Å². The molecule has 0 radical (unpaired) electrons. The van der Waals surface area contributed by atoms with Crippen LogP contribution < -0.4 is 15.5 Å². The Morgan fingerprint density at radius 1 is 0.972 bits per heavy atom. The Morgan fingerprint density at radius 2 is 1.75 bits per heavy atom. The van der Waals surface area contributed by atoms with Gasteiger partial charge in [-0.15, -0.1) is 11.3 Å². The van der Waals surface area contributed by atoms with Crippen molar-refractivity contribution >= 4 is 56.5 Å². The highest BCUT2D eigenvalue weighted by Crippen LogP contribution is 2.38. The van der Waals surface area contributed by atoms with Crippen LogP contribution >= 0.6 is 11.3 Å². The van der Waals surface area contributed by atoms with Crippen molar-refractivity contribution in [3.05, 3.63) is 42.2 Å². The highest BCUT2D eigenvalue weighted by molar-refractivity contribution is 7.16. The van der Waals surface area contributed by atoms with E-state index in [0.717, 1.165) is 45.1 Å². The summed E-state index contributed by atoms with van der Waals surface area (Å²) >= 11 is 1.61. The van der Waals surface area contributed by atoms with Crippen molar-refractivity contribution in [1.29, 1.82) is 0 Å². The second-order valence-electron chi connectivity index (χ2n) is 10.3. The lowest BCUT2D eigenvalue weighted by atomic mass is 9.78. The monoisotopic (exact) mass is 504 g/mol. The number of nitrogens with zero attached hydrogens (tertiary/aromatic N) is 3. The number of hydrogen-bond donors (Lipinski definition) is 1. The summed E-state index contributed by atoms with van der Waals surface area (Å²) in [6.45, 7) is 9.59. The smallest absolute Gasteiger partial charge is 0.489 e. The zero-order chi connectivity index (χ0) is 24.9. The van der Waals surface area contributed by atoms with E-state index in [2.05, 4.69) is 54.0 Å². The number of benzene rings is 2. The predicted octanol–water partition coefficient (Wildman–Crippen LogP) is 4.84. The molecule has 0 amide bonds. The molecule has 0 unspecified atom stereocenters. The van der Waals surface area contributed by atoms with Crippen LogP contribution in [0, 0.1) is 0 Å². The minimum Gasteiger partial charge on any atom is -0.489 e. The fourth-order valence-electron chi connectivity index (χ4n) is 4.52. The molecule has 0 saturated carbocycles. The van der Waals surface area contributed by atoms with Gasteiger partial charge in [0, 0.05) is 18.5 Å². The average Bonchev–Trinajstić information content (AvgIpc) is 3.40. The van der Waals surface area contributed by atoms with E-state index in [1.165, 1.54) is 0 Å². The molecule has 2 aliphatic rings. The molecule has 0 spiro atoms. The first-order valence-electron chi connectivity index (χ1n) is 12.3. The van der Waals surface area contributed by atoms with Gasteiger partial charge in [0.25, 0.3) is 0 Å². The largest absolute Gasteiger partial charge is 0.495 e. The summed E-state index contributed by atoms with van der Waals surface area (Å²) < 4.78 is 25.9. The maximum Gasteiger partial charge on any atom is 0.495 e. The third-order valence-corrected chi connectivity index (χ3v) is 8.10. The van der Waals surface area contributed by atoms with E-state index >= 15 is 0 Å². The number of ether oxygens (including phenoxy) is 2. The van der Waals surface area contributed by atoms with Gasteiger partial charge >= 0.3 is 7.12 Å². The van der Waals surface area contributed by atoms with Gasteiger partial charge in [-0.2, -0.15) is 0 Å². The quantitative estimate of drug-likeness (QED) is 0.387. The zero-order valence-corrected chi connectivity index (χ0v) is 21.7. The molecule has 6 rings (SSSR count). The molecule has 4 heterocycles. The van der Waals surface area contributed by atoms with Crippen LogP contribution in [-0.4, -0.2) is 52.6 Å². The highest BCUT2D eigenvalue weighted by atomic mass is 32.1. The Morgan fingerprint density at radius 3 is 2.53 bits per heavy atom. The standard InChI is InChI=1S/C26H29BN4O4S/c1-25(2)26(3,4)35-27(34-25)16-11-20-23(21(12-16)33-18-7-9-32-10-8-18)24(29-14-28-20)31-17-5-6-19-22(13-17)36-15-30-19/h5-6,11-15,18H,7-10H2,1-4H3,(H,28,29,31). The first-order valence-corrected chi connectivity index (χ1v) is 13.2. The van der Waals surface area contributed by atoms with Gasteiger partial charge in [0.2, 0.25) is 0 Å². The van der Waals surface area contributed by atoms with Crippen LogP contribution in [0.15, 0.2) is 42.2 Å². The van der Waals surface area contributed by atoms with Gasteiger partial charge in [0.1, 0.15) is 24.0 Å². The van der Waals surface area contributed by atoms with Gasteiger partial charge in [-0.05, 0) is 63.5 Å². The minimum atomic E-state index is -0.517. The summed E-state index contributed by atoms with van der Waals surface area (Å²) in [5.74, 6) is 1.40. The highest BCUT2D eigenvalue weighted by Gasteiger charge is 2.52. The molecule has 2 aromatic heterocycles. The van der Waals surface area contributed by atoms with E-state index in [-0.39, 0.29) is 6.10 Å². The Hall–Kier alpha value is -2.79. The van der Waals surface area contributed by atoms with Crippen LogP contribution in [-0.2, 0) is 14.0 Å². The van der Waals surface area contributed by atoms with Crippen molar-refractivity contribution in [3.8, 4) is 5.75 Å². The summed E-state index contributed by atoms with van der Waals surface area (Å²) in [4.78, 5) is 13.6. The summed E-state index contributed by atoms with van der Waals surface area (Å²) in [6, 6.07) is 10.1. The van der Waals surface area contributed by atoms with Gasteiger partial charge in [0.05, 0.1) is 51.0 Å². The maximum absolute atomic E-state index is 6.59. The van der Waals surface area contributed by atoms with Gasteiger partial charge in [0.15, 0.2) is 0 Å². The summed E-state index contributed by atoms with van der Waals surface area (Å²) in [5, 5.41) is 4.31. The Labute approximate surface area is 214 Å². The lowest BCUT2D eigenvalue weighted by Gasteiger charge is -2.32. The fourth-order valence-corrected chi connectivity index (χ4v) is 5.24. The third kappa shape index (κ3) is 4.32. The van der Waals surface area contributed by atoms with E-state index in [1.54, 1.807) is 17.7 Å². The van der Waals surface area contributed by atoms with Crippen LogP contribution in [0.25, 0.3) is 21.1 Å². The second-order valence-corrected chi connectivity index (χ2v) is 11.2. The van der Waals surface area contributed by atoms with Crippen LogP contribution in [0.2, 0.25) is 0 Å². The molecule has 2 aliphatic heterocycles. The second kappa shape index (κ2) is 8.95. The number of hydrogen-bond acceptors (Lipinski definition) is 9. The first-order chi connectivity index (χ1) is 17.3. The Balaban J connectivity index is 1.42. The van der Waals surface area contributed by atoms with Crippen molar-refractivity contribution in [2.45, 2.75) is 57.8 Å². The molecule has 186 valence electrons.